The fraction of sp³-hybridized carbons (Fsp3) is 0.125. The molecule has 0 aliphatic heterocycles. The molecule has 1 heterocycles. The van der Waals surface area contributed by atoms with Gasteiger partial charge >= 0.3 is 0 Å². The summed E-state index contributed by atoms with van der Waals surface area (Å²) >= 11 is 0. The number of hydrazone groups is 1. The van der Waals surface area contributed by atoms with Gasteiger partial charge in [0.1, 0.15) is 0 Å². The third-order valence-corrected chi connectivity index (χ3v) is 4.67. The molecule has 0 spiro atoms. The van der Waals surface area contributed by atoms with Crippen molar-refractivity contribution >= 4 is 23.1 Å². The highest BCUT2D eigenvalue weighted by Gasteiger charge is 2.11. The predicted molar refractivity (Wildman–Crippen MR) is 123 cm³/mol. The summed E-state index contributed by atoms with van der Waals surface area (Å²) in [7, 11) is 1.60. The number of hydrogen-bond donors (Lipinski definition) is 1. The number of rotatable bonds is 7. The summed E-state index contributed by atoms with van der Waals surface area (Å²) in [5.41, 5.74) is 5.03. The monoisotopic (exact) mass is 414 g/mol. The Morgan fingerprint density at radius 1 is 1.03 bits per heavy atom. The SMILES string of the molecule is CCOc1cc(/C=N\Nc2nc(=O)c3ccccc3n2-c2ccccc2)ccc1OC. The van der Waals surface area contributed by atoms with Gasteiger partial charge in [0.05, 0.1) is 30.8 Å². The fourth-order valence-corrected chi connectivity index (χ4v) is 3.29. The minimum absolute atomic E-state index is 0.316. The molecular weight excluding hydrogens is 392 g/mol. The van der Waals surface area contributed by atoms with Crippen LogP contribution in [0.4, 0.5) is 5.95 Å². The summed E-state index contributed by atoms with van der Waals surface area (Å²) in [6.45, 7) is 2.44. The van der Waals surface area contributed by atoms with Gasteiger partial charge in [-0.3, -0.25) is 9.36 Å². The van der Waals surface area contributed by atoms with E-state index in [1.807, 2.05) is 78.2 Å². The lowest BCUT2D eigenvalue weighted by Gasteiger charge is -2.15. The molecule has 0 radical (unpaired) electrons. The Hall–Kier alpha value is -4.13. The van der Waals surface area contributed by atoms with Crippen LogP contribution in [0.15, 0.2) is 82.7 Å². The second-order valence-electron chi connectivity index (χ2n) is 6.64. The van der Waals surface area contributed by atoms with Crippen molar-refractivity contribution in [2.24, 2.45) is 5.10 Å². The first-order valence-corrected chi connectivity index (χ1v) is 9.88. The molecule has 0 saturated heterocycles. The molecule has 4 rings (SSSR count). The Labute approximate surface area is 179 Å². The number of benzene rings is 3. The predicted octanol–water partition coefficient (Wildman–Crippen LogP) is 4.24. The second kappa shape index (κ2) is 9.13. The van der Waals surface area contributed by atoms with Gasteiger partial charge in [-0.2, -0.15) is 10.1 Å². The quantitative estimate of drug-likeness (QED) is 0.362. The Kier molecular flexibility index (Phi) is 5.93. The van der Waals surface area contributed by atoms with Crippen molar-refractivity contribution in [3.05, 3.63) is 88.7 Å². The first kappa shape index (κ1) is 20.2. The van der Waals surface area contributed by atoms with Gasteiger partial charge in [0, 0.05) is 5.69 Å². The lowest BCUT2D eigenvalue weighted by Crippen LogP contribution is -2.16. The summed E-state index contributed by atoms with van der Waals surface area (Å²) in [5, 5.41) is 4.85. The van der Waals surface area contributed by atoms with Crippen molar-refractivity contribution in [2.75, 3.05) is 19.1 Å². The Morgan fingerprint density at radius 3 is 2.58 bits per heavy atom. The molecule has 0 saturated carbocycles. The molecule has 3 aromatic carbocycles. The largest absolute Gasteiger partial charge is 0.493 e. The van der Waals surface area contributed by atoms with Gasteiger partial charge in [-0.05, 0) is 55.0 Å². The third kappa shape index (κ3) is 4.25. The smallest absolute Gasteiger partial charge is 0.282 e. The number of ether oxygens (including phenoxy) is 2. The van der Waals surface area contributed by atoms with Crippen LogP contribution in [0, 0.1) is 0 Å². The van der Waals surface area contributed by atoms with Gasteiger partial charge in [0.25, 0.3) is 5.56 Å². The molecule has 4 aromatic rings. The highest BCUT2D eigenvalue weighted by molar-refractivity contribution is 5.83. The molecule has 0 fully saturated rings. The molecule has 0 aliphatic rings. The zero-order valence-electron chi connectivity index (χ0n) is 17.3. The summed E-state index contributed by atoms with van der Waals surface area (Å²) in [5.74, 6) is 1.62. The Balaban J connectivity index is 1.72. The van der Waals surface area contributed by atoms with Crippen LogP contribution in [-0.2, 0) is 0 Å². The number of aromatic nitrogens is 2. The van der Waals surface area contributed by atoms with E-state index in [2.05, 4.69) is 15.5 Å². The molecule has 0 unspecified atom stereocenters. The third-order valence-electron chi connectivity index (χ3n) is 4.67. The van der Waals surface area contributed by atoms with Crippen LogP contribution >= 0.6 is 0 Å². The molecule has 1 aromatic heterocycles. The van der Waals surface area contributed by atoms with Crippen LogP contribution in [-0.4, -0.2) is 29.5 Å². The van der Waals surface area contributed by atoms with Crippen molar-refractivity contribution in [1.29, 1.82) is 0 Å². The number of nitrogens with zero attached hydrogens (tertiary/aromatic N) is 3. The maximum absolute atomic E-state index is 12.6. The molecule has 7 nitrogen and oxygen atoms in total. The number of methoxy groups -OCH3 is 1. The molecular formula is C24H22N4O3. The lowest BCUT2D eigenvalue weighted by molar-refractivity contribution is 0.311. The van der Waals surface area contributed by atoms with Crippen molar-refractivity contribution in [1.82, 2.24) is 9.55 Å². The van der Waals surface area contributed by atoms with Crippen LogP contribution < -0.4 is 20.5 Å². The van der Waals surface area contributed by atoms with Crippen molar-refractivity contribution < 1.29 is 9.47 Å². The van der Waals surface area contributed by atoms with Crippen molar-refractivity contribution in [2.45, 2.75) is 6.92 Å². The number of nitrogens with one attached hydrogen (secondary N) is 1. The summed E-state index contributed by atoms with van der Waals surface area (Å²) < 4.78 is 12.8. The standard InChI is InChI=1S/C24H22N4O3/c1-3-31-22-15-17(13-14-21(22)30-2)16-25-27-24-26-23(29)19-11-7-8-12-20(19)28(24)18-9-5-4-6-10-18/h4-16H,3H2,1-2H3,(H,26,27,29)/b25-16-. The van der Waals surface area contributed by atoms with Crippen molar-refractivity contribution in [3.63, 3.8) is 0 Å². The van der Waals surface area contributed by atoms with E-state index in [9.17, 15) is 4.79 Å². The van der Waals surface area contributed by atoms with Gasteiger partial charge in [0.15, 0.2) is 11.5 Å². The van der Waals surface area contributed by atoms with Crippen LogP contribution in [0.1, 0.15) is 12.5 Å². The average molecular weight is 414 g/mol. The van der Waals surface area contributed by atoms with E-state index >= 15 is 0 Å². The van der Waals surface area contributed by atoms with Gasteiger partial charge in [-0.25, -0.2) is 5.43 Å². The lowest BCUT2D eigenvalue weighted by atomic mass is 10.2. The first-order chi connectivity index (χ1) is 15.2. The van der Waals surface area contributed by atoms with Crippen LogP contribution in [0.5, 0.6) is 11.5 Å². The molecule has 1 N–H and O–H groups in total. The molecule has 31 heavy (non-hydrogen) atoms. The van der Waals surface area contributed by atoms with E-state index < -0.39 is 0 Å². The Bertz CT molecular complexity index is 1280. The molecule has 0 aliphatic carbocycles. The zero-order valence-corrected chi connectivity index (χ0v) is 17.3. The van der Waals surface area contributed by atoms with E-state index in [1.165, 1.54) is 0 Å². The van der Waals surface area contributed by atoms with Gasteiger partial charge in [-0.15, -0.1) is 0 Å². The van der Waals surface area contributed by atoms with Gasteiger partial charge in [0.2, 0.25) is 5.95 Å². The van der Waals surface area contributed by atoms with E-state index in [4.69, 9.17) is 9.47 Å². The number of para-hydroxylation sites is 2. The molecule has 0 amide bonds. The molecule has 7 heteroatoms. The van der Waals surface area contributed by atoms with E-state index in [1.54, 1.807) is 19.4 Å². The summed E-state index contributed by atoms with van der Waals surface area (Å²) in [6, 6.07) is 22.6. The number of hydrogen-bond acceptors (Lipinski definition) is 6. The van der Waals surface area contributed by atoms with Crippen LogP contribution in [0.25, 0.3) is 16.6 Å². The highest BCUT2D eigenvalue weighted by Crippen LogP contribution is 2.27. The summed E-state index contributed by atoms with van der Waals surface area (Å²) in [6.07, 6.45) is 1.64. The van der Waals surface area contributed by atoms with Crippen molar-refractivity contribution in [3.8, 4) is 17.2 Å². The topological polar surface area (TPSA) is 77.7 Å². The molecule has 0 atom stereocenters. The van der Waals surface area contributed by atoms with E-state index in [0.717, 1.165) is 16.8 Å². The highest BCUT2D eigenvalue weighted by atomic mass is 16.5. The number of anilines is 1. The van der Waals surface area contributed by atoms with E-state index in [0.29, 0.717) is 29.4 Å². The van der Waals surface area contributed by atoms with Gasteiger partial charge in [-0.1, -0.05) is 30.3 Å². The second-order valence-corrected chi connectivity index (χ2v) is 6.64. The zero-order chi connectivity index (χ0) is 21.6. The van der Waals surface area contributed by atoms with Crippen LogP contribution in [0.2, 0.25) is 0 Å². The minimum Gasteiger partial charge on any atom is -0.493 e. The number of fused-ring (bicyclic) bond motifs is 1. The molecule has 0 bridgehead atoms. The first-order valence-electron chi connectivity index (χ1n) is 9.88. The van der Waals surface area contributed by atoms with Crippen LogP contribution in [0.3, 0.4) is 0 Å². The fourth-order valence-electron chi connectivity index (χ4n) is 3.29. The van der Waals surface area contributed by atoms with E-state index in [-0.39, 0.29) is 5.56 Å². The summed E-state index contributed by atoms with van der Waals surface area (Å²) in [4.78, 5) is 16.8. The molecule has 156 valence electrons. The van der Waals surface area contributed by atoms with Gasteiger partial charge < -0.3 is 9.47 Å². The normalized spacial score (nSPS) is 11.0. The minimum atomic E-state index is -0.316. The average Bonchev–Trinajstić information content (AvgIpc) is 2.80. The Morgan fingerprint density at radius 2 is 1.81 bits per heavy atom. The maximum atomic E-state index is 12.6. The maximum Gasteiger partial charge on any atom is 0.282 e.